The van der Waals surface area contributed by atoms with Gasteiger partial charge in [-0.25, -0.2) is 14.9 Å². The maximum absolute atomic E-state index is 11.3. The second-order valence-electron chi connectivity index (χ2n) is 3.88. The van der Waals surface area contributed by atoms with Gasteiger partial charge in [0.05, 0.1) is 0 Å². The van der Waals surface area contributed by atoms with E-state index in [-0.39, 0.29) is 0 Å². The molecule has 0 radical (unpaired) electrons. The van der Waals surface area contributed by atoms with Crippen LogP contribution in [0.4, 0.5) is 9.59 Å². The second kappa shape index (κ2) is 4.12. The summed E-state index contributed by atoms with van der Waals surface area (Å²) >= 11 is 0. The first kappa shape index (κ1) is 11.2. The Morgan fingerprint density at radius 1 is 1.40 bits per heavy atom. The Bertz CT molecular complexity index is 351. The monoisotopic (exact) mass is 211 g/mol. The van der Waals surface area contributed by atoms with E-state index in [2.05, 4.69) is 5.10 Å². The van der Waals surface area contributed by atoms with Crippen molar-refractivity contribution in [3.05, 3.63) is 18.5 Å². The van der Waals surface area contributed by atoms with Crippen LogP contribution in [0.15, 0.2) is 18.5 Å². The number of alkyl carbamates (subject to hydrolysis) is 1. The number of carbonyl (C=O) groups is 2. The summed E-state index contributed by atoms with van der Waals surface area (Å²) < 4.78 is 5.90. The molecular weight excluding hydrogens is 198 g/mol. The number of nitrogens with zero attached hydrogens (tertiary/aromatic N) is 2. The molecule has 0 unspecified atom stereocenters. The SMILES string of the molecule is CC(C)(C)OC(=O)NC(=O)n1cccn1. The van der Waals surface area contributed by atoms with Crippen molar-refractivity contribution < 1.29 is 14.3 Å². The first-order valence-corrected chi connectivity index (χ1v) is 4.42. The van der Waals surface area contributed by atoms with Gasteiger partial charge in [-0.1, -0.05) is 0 Å². The van der Waals surface area contributed by atoms with Crippen molar-refractivity contribution in [1.29, 1.82) is 0 Å². The Kier molecular flexibility index (Phi) is 3.08. The van der Waals surface area contributed by atoms with Crippen LogP contribution in [-0.2, 0) is 4.74 Å². The molecule has 0 aliphatic rings. The van der Waals surface area contributed by atoms with E-state index in [4.69, 9.17) is 4.74 Å². The molecule has 1 rings (SSSR count). The van der Waals surface area contributed by atoms with Crippen LogP contribution < -0.4 is 5.32 Å². The zero-order valence-corrected chi connectivity index (χ0v) is 8.85. The normalized spacial score (nSPS) is 10.9. The molecule has 0 spiro atoms. The Hall–Kier alpha value is -1.85. The van der Waals surface area contributed by atoms with Gasteiger partial charge in [0.2, 0.25) is 0 Å². The third-order valence-corrected chi connectivity index (χ3v) is 1.32. The van der Waals surface area contributed by atoms with Crippen molar-refractivity contribution in [3.63, 3.8) is 0 Å². The molecule has 1 aromatic rings. The van der Waals surface area contributed by atoms with Crippen LogP contribution in [0.3, 0.4) is 0 Å². The van der Waals surface area contributed by atoms with Crippen LogP contribution in [0, 0.1) is 0 Å². The molecule has 0 fully saturated rings. The van der Waals surface area contributed by atoms with Gasteiger partial charge in [0.1, 0.15) is 5.60 Å². The average Bonchev–Trinajstić information content (AvgIpc) is 2.50. The minimum absolute atomic E-state index is 0.630. The van der Waals surface area contributed by atoms with E-state index in [1.807, 2.05) is 5.32 Å². The lowest BCUT2D eigenvalue weighted by Crippen LogP contribution is -2.38. The Morgan fingerprint density at radius 2 is 2.07 bits per heavy atom. The van der Waals surface area contributed by atoms with Crippen molar-refractivity contribution in [2.45, 2.75) is 26.4 Å². The lowest BCUT2D eigenvalue weighted by Gasteiger charge is -2.19. The third-order valence-electron chi connectivity index (χ3n) is 1.32. The lowest BCUT2D eigenvalue weighted by molar-refractivity contribution is 0.0547. The molecule has 0 saturated carbocycles. The van der Waals surface area contributed by atoms with E-state index in [0.29, 0.717) is 0 Å². The smallest absolute Gasteiger partial charge is 0.415 e. The van der Waals surface area contributed by atoms with Crippen molar-refractivity contribution in [1.82, 2.24) is 15.1 Å². The van der Waals surface area contributed by atoms with Crippen molar-refractivity contribution in [2.24, 2.45) is 0 Å². The molecular formula is C9H13N3O3. The minimum Gasteiger partial charge on any atom is -0.443 e. The summed E-state index contributed by atoms with van der Waals surface area (Å²) in [6.45, 7) is 5.14. The van der Waals surface area contributed by atoms with Crippen molar-refractivity contribution in [2.75, 3.05) is 0 Å². The summed E-state index contributed by atoms with van der Waals surface area (Å²) in [5.41, 5.74) is -0.630. The van der Waals surface area contributed by atoms with Crippen LogP contribution in [0.25, 0.3) is 0 Å². The predicted molar refractivity (Wildman–Crippen MR) is 52.4 cm³/mol. The topological polar surface area (TPSA) is 73.2 Å². The van der Waals surface area contributed by atoms with E-state index in [1.165, 1.54) is 12.4 Å². The lowest BCUT2D eigenvalue weighted by atomic mass is 10.2. The Morgan fingerprint density at radius 3 is 2.53 bits per heavy atom. The molecule has 0 atom stereocenters. The van der Waals surface area contributed by atoms with E-state index >= 15 is 0 Å². The quantitative estimate of drug-likeness (QED) is 0.703. The van der Waals surface area contributed by atoms with Gasteiger partial charge in [-0.3, -0.25) is 0 Å². The summed E-state index contributed by atoms with van der Waals surface area (Å²) in [5, 5.41) is 5.70. The van der Waals surface area contributed by atoms with Gasteiger partial charge in [0.15, 0.2) is 0 Å². The van der Waals surface area contributed by atoms with Crippen LogP contribution in [-0.4, -0.2) is 27.5 Å². The number of rotatable bonds is 0. The van der Waals surface area contributed by atoms with Crippen LogP contribution >= 0.6 is 0 Å². The summed E-state index contributed by atoms with van der Waals surface area (Å²) in [4.78, 5) is 22.5. The molecule has 82 valence electrons. The second-order valence-corrected chi connectivity index (χ2v) is 3.88. The van der Waals surface area contributed by atoms with E-state index in [1.54, 1.807) is 26.8 Å². The maximum Gasteiger partial charge on any atom is 0.415 e. The maximum atomic E-state index is 11.3. The van der Waals surface area contributed by atoms with Gasteiger partial charge in [-0.15, -0.1) is 0 Å². The molecule has 0 aromatic carbocycles. The van der Waals surface area contributed by atoms with Gasteiger partial charge < -0.3 is 4.74 Å². The molecule has 0 bridgehead atoms. The fourth-order valence-corrected chi connectivity index (χ4v) is 0.837. The number of aromatic nitrogens is 2. The number of carbonyl (C=O) groups excluding carboxylic acids is 2. The summed E-state index contributed by atoms with van der Waals surface area (Å²) in [7, 11) is 0. The van der Waals surface area contributed by atoms with Crippen LogP contribution in [0.2, 0.25) is 0 Å². The van der Waals surface area contributed by atoms with Gasteiger partial charge >= 0.3 is 12.1 Å². The van der Waals surface area contributed by atoms with E-state index < -0.39 is 17.7 Å². The Labute approximate surface area is 87.2 Å². The minimum atomic E-state index is -0.789. The van der Waals surface area contributed by atoms with Gasteiger partial charge in [0, 0.05) is 12.4 Å². The predicted octanol–water partition coefficient (Wildman–Crippen LogP) is 1.38. The average molecular weight is 211 g/mol. The number of nitrogens with one attached hydrogen (secondary N) is 1. The summed E-state index contributed by atoms with van der Waals surface area (Å²) in [5.74, 6) is 0. The highest BCUT2D eigenvalue weighted by Crippen LogP contribution is 2.06. The highest BCUT2D eigenvalue weighted by Gasteiger charge is 2.18. The molecule has 15 heavy (non-hydrogen) atoms. The highest BCUT2D eigenvalue weighted by molar-refractivity contribution is 5.91. The fourth-order valence-electron chi connectivity index (χ4n) is 0.837. The first-order valence-electron chi connectivity index (χ1n) is 4.42. The fraction of sp³-hybridized carbons (Fsp3) is 0.444. The highest BCUT2D eigenvalue weighted by atomic mass is 16.6. The molecule has 2 amide bonds. The standard InChI is InChI=1S/C9H13N3O3/c1-9(2,3)15-8(14)11-7(13)12-6-4-5-10-12/h4-6H,1-3H3,(H,11,13,14). The molecule has 1 N–H and O–H groups in total. The van der Waals surface area contributed by atoms with Gasteiger partial charge in [0.25, 0.3) is 0 Å². The van der Waals surface area contributed by atoms with Crippen molar-refractivity contribution in [3.8, 4) is 0 Å². The molecule has 6 heteroatoms. The number of amides is 2. The largest absolute Gasteiger partial charge is 0.443 e. The van der Waals surface area contributed by atoms with Crippen LogP contribution in [0.1, 0.15) is 20.8 Å². The van der Waals surface area contributed by atoms with E-state index in [9.17, 15) is 9.59 Å². The molecule has 0 aliphatic carbocycles. The Balaban J connectivity index is 2.50. The van der Waals surface area contributed by atoms with Gasteiger partial charge in [-0.2, -0.15) is 9.78 Å². The molecule has 0 saturated heterocycles. The molecule has 0 aliphatic heterocycles. The summed E-state index contributed by atoms with van der Waals surface area (Å²) in [6, 6.07) is 0.934. The zero-order valence-electron chi connectivity index (χ0n) is 8.85. The number of hydrogen-bond donors (Lipinski definition) is 1. The van der Waals surface area contributed by atoms with Crippen LogP contribution in [0.5, 0.6) is 0 Å². The van der Waals surface area contributed by atoms with Gasteiger partial charge in [-0.05, 0) is 26.8 Å². The number of hydrogen-bond acceptors (Lipinski definition) is 4. The molecule has 1 heterocycles. The summed E-state index contributed by atoms with van der Waals surface area (Å²) in [6.07, 6.45) is 2.08. The number of ether oxygens (including phenoxy) is 1. The third kappa shape index (κ3) is 3.80. The zero-order chi connectivity index (χ0) is 11.5. The number of imide groups is 1. The first-order chi connectivity index (χ1) is 6.88. The molecule has 6 nitrogen and oxygen atoms in total. The van der Waals surface area contributed by atoms with Crippen molar-refractivity contribution >= 4 is 12.1 Å². The van der Waals surface area contributed by atoms with E-state index in [0.717, 1.165) is 4.68 Å². The molecule has 1 aromatic heterocycles.